The van der Waals surface area contributed by atoms with E-state index < -0.39 is 44.0 Å². The summed E-state index contributed by atoms with van der Waals surface area (Å²) in [4.78, 5) is 23.4. The first-order valence-electron chi connectivity index (χ1n) is 5.93. The quantitative estimate of drug-likeness (QED) is 0.641. The summed E-state index contributed by atoms with van der Waals surface area (Å²) in [5.74, 6) is -3.01. The van der Waals surface area contributed by atoms with Crippen LogP contribution in [0, 0.1) is 0 Å². The summed E-state index contributed by atoms with van der Waals surface area (Å²) >= 11 is 5.69. The molecule has 0 aliphatic rings. The van der Waals surface area contributed by atoms with Crippen molar-refractivity contribution in [1.82, 2.24) is 4.57 Å². The second kappa shape index (κ2) is 5.67. The van der Waals surface area contributed by atoms with E-state index >= 15 is 0 Å². The van der Waals surface area contributed by atoms with E-state index in [2.05, 4.69) is 4.18 Å². The first kappa shape index (κ1) is 18.1. The number of aromatic carboxylic acids is 1. The van der Waals surface area contributed by atoms with Gasteiger partial charge in [0.2, 0.25) is 0 Å². The highest BCUT2D eigenvalue weighted by molar-refractivity contribution is 7.88. The molecule has 7 nitrogen and oxygen atoms in total. The van der Waals surface area contributed by atoms with Crippen LogP contribution in [0.25, 0.3) is 10.8 Å². The van der Waals surface area contributed by atoms with E-state index in [1.165, 1.54) is 6.07 Å². The Hall–Kier alpha value is -2.27. The van der Waals surface area contributed by atoms with Gasteiger partial charge in [0.15, 0.2) is 11.4 Å². The molecule has 1 aromatic heterocycles. The van der Waals surface area contributed by atoms with Crippen molar-refractivity contribution in [2.24, 2.45) is 7.05 Å². The molecule has 2 rings (SSSR count). The fourth-order valence-electron chi connectivity index (χ4n) is 1.93. The zero-order chi connectivity index (χ0) is 18.4. The summed E-state index contributed by atoms with van der Waals surface area (Å²) in [6.45, 7) is 0. The lowest BCUT2D eigenvalue weighted by Crippen LogP contribution is -2.31. The van der Waals surface area contributed by atoms with E-state index in [0.717, 1.165) is 19.2 Å². The van der Waals surface area contributed by atoms with Crippen LogP contribution in [0.3, 0.4) is 0 Å². The summed E-state index contributed by atoms with van der Waals surface area (Å²) < 4.78 is 64.7. The molecule has 0 amide bonds. The fraction of sp³-hybridized carbons (Fsp3) is 0.167. The third kappa shape index (κ3) is 2.91. The summed E-state index contributed by atoms with van der Waals surface area (Å²) in [5.41, 5.74) is -7.74. The Balaban J connectivity index is 2.97. The summed E-state index contributed by atoms with van der Waals surface area (Å²) in [6.07, 6.45) is 0. The third-order valence-electron chi connectivity index (χ3n) is 2.99. The molecule has 12 heteroatoms. The highest BCUT2D eigenvalue weighted by Crippen LogP contribution is 2.34. The lowest BCUT2D eigenvalue weighted by molar-refractivity contribution is -0.0500. The lowest BCUT2D eigenvalue weighted by atomic mass is 10.1. The Bertz CT molecular complexity index is 1010. The number of nitrogens with zero attached hydrogens (tertiary/aromatic N) is 1. The Morgan fingerprint density at radius 3 is 2.38 bits per heavy atom. The van der Waals surface area contributed by atoms with E-state index in [1.807, 2.05) is 0 Å². The van der Waals surface area contributed by atoms with Crippen molar-refractivity contribution in [3.05, 3.63) is 39.3 Å². The average Bonchev–Trinajstić information content (AvgIpc) is 2.42. The van der Waals surface area contributed by atoms with E-state index in [9.17, 15) is 31.2 Å². The number of pyridine rings is 1. The molecule has 0 bridgehead atoms. The molecule has 0 aliphatic carbocycles. The Kier molecular flexibility index (Phi) is 4.27. The Labute approximate surface area is 137 Å². The SMILES string of the molecule is Cn1c(C(=O)O)c(OS(=O)(=O)C(F)(F)F)c2cc(Cl)ccc2c1=O. The highest BCUT2D eigenvalue weighted by Gasteiger charge is 2.49. The number of alkyl halides is 3. The predicted octanol–water partition coefficient (Wildman–Crippen LogP) is 2.12. The van der Waals surface area contributed by atoms with Crippen molar-refractivity contribution in [3.63, 3.8) is 0 Å². The first-order valence-corrected chi connectivity index (χ1v) is 7.71. The number of hydrogen-bond donors (Lipinski definition) is 1. The van der Waals surface area contributed by atoms with Crippen molar-refractivity contribution in [3.8, 4) is 5.75 Å². The summed E-state index contributed by atoms with van der Waals surface area (Å²) in [5, 5.41) is 8.34. The van der Waals surface area contributed by atoms with E-state index in [-0.39, 0.29) is 10.4 Å². The zero-order valence-corrected chi connectivity index (χ0v) is 13.2. The largest absolute Gasteiger partial charge is 0.534 e. The second-order valence-corrected chi connectivity index (χ2v) is 6.49. The average molecular weight is 386 g/mol. The number of halogens is 4. The molecule has 0 saturated heterocycles. The van der Waals surface area contributed by atoms with Gasteiger partial charge in [0.1, 0.15) is 0 Å². The van der Waals surface area contributed by atoms with Crippen LogP contribution in [0.5, 0.6) is 5.75 Å². The second-order valence-electron chi connectivity index (χ2n) is 4.52. The molecular formula is C12H7ClF3NO6S. The number of fused-ring (bicyclic) bond motifs is 1. The van der Waals surface area contributed by atoms with Crippen LogP contribution in [-0.4, -0.2) is 29.6 Å². The van der Waals surface area contributed by atoms with Crippen LogP contribution in [0.15, 0.2) is 23.0 Å². The topological polar surface area (TPSA) is 103 Å². The molecule has 1 aromatic carbocycles. The van der Waals surface area contributed by atoms with Crippen LogP contribution < -0.4 is 9.74 Å². The van der Waals surface area contributed by atoms with Crippen LogP contribution in [0.4, 0.5) is 13.2 Å². The van der Waals surface area contributed by atoms with Crippen molar-refractivity contribution in [1.29, 1.82) is 0 Å². The van der Waals surface area contributed by atoms with Gasteiger partial charge < -0.3 is 13.9 Å². The number of rotatable bonds is 3. The van der Waals surface area contributed by atoms with Crippen LogP contribution in [-0.2, 0) is 17.2 Å². The number of carboxylic acid groups (broad SMARTS) is 1. The van der Waals surface area contributed by atoms with Crippen molar-refractivity contribution in [2.45, 2.75) is 5.51 Å². The molecular weight excluding hydrogens is 379 g/mol. The smallest absolute Gasteiger partial charge is 0.476 e. The zero-order valence-electron chi connectivity index (χ0n) is 11.6. The Morgan fingerprint density at radius 2 is 1.88 bits per heavy atom. The van der Waals surface area contributed by atoms with Crippen LogP contribution in [0.1, 0.15) is 10.5 Å². The maximum atomic E-state index is 12.6. The van der Waals surface area contributed by atoms with E-state index in [0.29, 0.717) is 4.57 Å². The standard InChI is InChI=1S/C12H7ClF3NO6S/c1-17-8(11(19)20)9(23-24(21,22)12(14,15)16)7-4-5(13)2-3-6(7)10(17)18/h2-4H,1H3,(H,19,20). The molecule has 0 atom stereocenters. The van der Waals surface area contributed by atoms with Gasteiger partial charge in [-0.05, 0) is 18.2 Å². The van der Waals surface area contributed by atoms with Gasteiger partial charge in [0.25, 0.3) is 5.56 Å². The van der Waals surface area contributed by atoms with Crippen LogP contribution >= 0.6 is 11.6 Å². The predicted molar refractivity (Wildman–Crippen MR) is 76.8 cm³/mol. The minimum Gasteiger partial charge on any atom is -0.476 e. The van der Waals surface area contributed by atoms with Gasteiger partial charge >= 0.3 is 21.6 Å². The number of aromatic nitrogens is 1. The Morgan fingerprint density at radius 1 is 1.29 bits per heavy atom. The summed E-state index contributed by atoms with van der Waals surface area (Å²) in [7, 11) is -5.21. The van der Waals surface area contributed by atoms with Gasteiger partial charge in [-0.25, -0.2) is 4.79 Å². The van der Waals surface area contributed by atoms with Gasteiger partial charge in [0.05, 0.1) is 5.39 Å². The normalized spacial score (nSPS) is 12.4. The minimum atomic E-state index is -6.16. The number of hydrogen-bond acceptors (Lipinski definition) is 5. The van der Waals surface area contributed by atoms with Gasteiger partial charge in [0, 0.05) is 17.5 Å². The molecule has 0 fully saturated rings. The molecule has 1 heterocycles. The van der Waals surface area contributed by atoms with Gasteiger partial charge in [-0.3, -0.25) is 4.79 Å². The number of carboxylic acids is 1. The van der Waals surface area contributed by atoms with Crippen molar-refractivity contribution < 1.29 is 35.7 Å². The van der Waals surface area contributed by atoms with E-state index in [1.54, 1.807) is 0 Å². The molecule has 130 valence electrons. The van der Waals surface area contributed by atoms with Crippen LogP contribution in [0.2, 0.25) is 5.02 Å². The minimum absolute atomic E-state index is 0.0682. The van der Waals surface area contributed by atoms with Gasteiger partial charge in [-0.1, -0.05) is 11.6 Å². The molecule has 0 saturated carbocycles. The van der Waals surface area contributed by atoms with Crippen molar-refractivity contribution >= 4 is 38.5 Å². The summed E-state index contributed by atoms with van der Waals surface area (Å²) in [6, 6.07) is 3.28. The number of benzene rings is 1. The molecule has 0 aliphatic heterocycles. The molecule has 2 aromatic rings. The highest BCUT2D eigenvalue weighted by atomic mass is 35.5. The molecule has 0 unspecified atom stereocenters. The van der Waals surface area contributed by atoms with E-state index in [4.69, 9.17) is 16.7 Å². The molecule has 0 radical (unpaired) electrons. The van der Waals surface area contributed by atoms with Gasteiger partial charge in [-0.15, -0.1) is 0 Å². The van der Waals surface area contributed by atoms with Gasteiger partial charge in [-0.2, -0.15) is 21.6 Å². The molecule has 1 N–H and O–H groups in total. The first-order chi connectivity index (χ1) is 10.9. The third-order valence-corrected chi connectivity index (χ3v) is 4.18. The maximum Gasteiger partial charge on any atom is 0.534 e. The van der Waals surface area contributed by atoms with Crippen molar-refractivity contribution in [2.75, 3.05) is 0 Å². The maximum absolute atomic E-state index is 12.6. The fourth-order valence-corrected chi connectivity index (χ4v) is 2.59. The number of carbonyl (C=O) groups is 1. The monoisotopic (exact) mass is 385 g/mol. The molecule has 24 heavy (non-hydrogen) atoms. The molecule has 0 spiro atoms. The lowest BCUT2D eigenvalue weighted by Gasteiger charge is -2.16.